The molecule has 0 bridgehead atoms. The molecule has 1 amide bonds. The van der Waals surface area contributed by atoms with E-state index < -0.39 is 8.24 Å². The van der Waals surface area contributed by atoms with E-state index >= 15 is 0 Å². The summed E-state index contributed by atoms with van der Waals surface area (Å²) in [6.07, 6.45) is 0. The van der Waals surface area contributed by atoms with E-state index in [2.05, 4.69) is 11.8 Å². The summed E-state index contributed by atoms with van der Waals surface area (Å²) < 4.78 is 6.38. The molecule has 0 radical (unpaired) electrons. The van der Waals surface area contributed by atoms with Gasteiger partial charge in [0.05, 0.1) is 6.61 Å². The topological polar surface area (TPSA) is 46.6 Å². The minimum absolute atomic E-state index is 0.00290. The molecule has 0 aromatic rings. The van der Waals surface area contributed by atoms with E-state index in [4.69, 9.17) is 4.74 Å². The summed E-state index contributed by atoms with van der Waals surface area (Å²) in [7, 11) is -1.90. The van der Waals surface area contributed by atoms with Gasteiger partial charge in [0.1, 0.15) is 6.54 Å². The first kappa shape index (κ1) is 14.7. The zero-order valence-corrected chi connectivity index (χ0v) is 11.6. The second-order valence-corrected chi connectivity index (χ2v) is 9.12. The second kappa shape index (κ2) is 6.33. The average Bonchev–Trinajstić information content (AvgIpc) is 2.13. The van der Waals surface area contributed by atoms with Crippen LogP contribution in [0.5, 0.6) is 0 Å². The summed E-state index contributed by atoms with van der Waals surface area (Å²) >= 11 is 0. The molecule has 4 nitrogen and oxygen atoms in total. The predicted octanol–water partition coefficient (Wildman–Crippen LogP) is 1.24. The molecule has 5 heteroatoms. The molecule has 0 fully saturated rings. The monoisotopic (exact) mass is 241 g/mol. The first-order chi connectivity index (χ1) is 7.32. The van der Waals surface area contributed by atoms with Gasteiger partial charge < -0.3 is 9.30 Å². The van der Waals surface area contributed by atoms with Crippen molar-refractivity contribution in [2.45, 2.75) is 33.5 Å². The normalized spacial score (nSPS) is 10.1. The molecule has 0 saturated carbocycles. The summed E-state index contributed by atoms with van der Waals surface area (Å²) in [6.45, 7) is 9.63. The lowest BCUT2D eigenvalue weighted by Crippen LogP contribution is -2.51. The van der Waals surface area contributed by atoms with Crippen LogP contribution in [-0.4, -0.2) is 37.8 Å². The summed E-state index contributed by atoms with van der Waals surface area (Å²) in [5, 5.41) is 0. The third-order valence-electron chi connectivity index (χ3n) is 1.88. The van der Waals surface area contributed by atoms with Gasteiger partial charge in [-0.3, -0.25) is 9.59 Å². The minimum Gasteiger partial charge on any atom is -0.465 e. The van der Waals surface area contributed by atoms with Crippen LogP contribution in [0.15, 0.2) is 0 Å². The van der Waals surface area contributed by atoms with Crippen molar-refractivity contribution in [1.82, 2.24) is 4.57 Å². The van der Waals surface area contributed by atoms with Crippen LogP contribution in [0.1, 0.15) is 13.8 Å². The van der Waals surface area contributed by atoms with E-state index in [-0.39, 0.29) is 18.4 Å². The van der Waals surface area contributed by atoms with Gasteiger partial charge in [-0.25, -0.2) is 0 Å². The maximum absolute atomic E-state index is 11.7. The van der Waals surface area contributed by atoms with Crippen molar-refractivity contribution < 1.29 is 14.3 Å². The summed E-state index contributed by atoms with van der Waals surface area (Å²) in [5.41, 5.74) is 0. The van der Waals surface area contributed by atoms with E-state index in [1.165, 1.54) is 0 Å². The molecule has 16 heavy (non-hydrogen) atoms. The summed E-state index contributed by atoms with van der Waals surface area (Å²) in [4.78, 5) is 23.1. The van der Waals surface area contributed by atoms with Gasteiger partial charge in [-0.2, -0.15) is 0 Å². The Morgan fingerprint density at radius 3 is 2.25 bits per heavy atom. The van der Waals surface area contributed by atoms with Crippen molar-refractivity contribution in [3.8, 4) is 11.8 Å². The molecule has 0 aliphatic carbocycles. The molecule has 0 aliphatic heterocycles. The third kappa shape index (κ3) is 4.98. The van der Waals surface area contributed by atoms with Crippen LogP contribution in [0.2, 0.25) is 19.6 Å². The van der Waals surface area contributed by atoms with E-state index in [0.29, 0.717) is 6.61 Å². The van der Waals surface area contributed by atoms with E-state index in [0.717, 1.165) is 0 Å². The maximum Gasteiger partial charge on any atom is 0.324 e. The van der Waals surface area contributed by atoms with Crippen LogP contribution in [0, 0.1) is 11.8 Å². The zero-order valence-electron chi connectivity index (χ0n) is 10.6. The first-order valence-electron chi connectivity index (χ1n) is 5.23. The van der Waals surface area contributed by atoms with Crippen LogP contribution in [0.3, 0.4) is 0 Å². The smallest absolute Gasteiger partial charge is 0.324 e. The van der Waals surface area contributed by atoms with Crippen LogP contribution < -0.4 is 0 Å². The number of hydrogen-bond acceptors (Lipinski definition) is 3. The fourth-order valence-corrected chi connectivity index (χ4v) is 2.39. The Morgan fingerprint density at radius 2 is 1.88 bits per heavy atom. The largest absolute Gasteiger partial charge is 0.465 e. The number of carbonyl (C=O) groups excluding carboxylic acids is 2. The predicted molar refractivity (Wildman–Crippen MR) is 65.1 cm³/mol. The number of ether oxygens (including phenoxy) is 1. The lowest BCUT2D eigenvalue weighted by atomic mass is 10.5. The SMILES string of the molecule is CC#CC(=O)N(CC(=O)OCC)[Si](C)(C)C. The van der Waals surface area contributed by atoms with Gasteiger partial charge in [-0.15, -0.1) is 0 Å². The van der Waals surface area contributed by atoms with Crippen LogP contribution in [0.4, 0.5) is 0 Å². The van der Waals surface area contributed by atoms with Gasteiger partial charge >= 0.3 is 5.97 Å². The highest BCUT2D eigenvalue weighted by Crippen LogP contribution is 2.09. The fourth-order valence-electron chi connectivity index (χ4n) is 1.12. The van der Waals surface area contributed by atoms with Gasteiger partial charge in [0.15, 0.2) is 8.24 Å². The molecule has 0 aromatic heterocycles. The van der Waals surface area contributed by atoms with E-state index in [1.807, 2.05) is 19.6 Å². The number of amides is 1. The highest BCUT2D eigenvalue weighted by Gasteiger charge is 2.29. The van der Waals surface area contributed by atoms with Gasteiger partial charge in [0.25, 0.3) is 5.91 Å². The van der Waals surface area contributed by atoms with Crippen LogP contribution >= 0.6 is 0 Å². The van der Waals surface area contributed by atoms with Crippen LogP contribution in [0.25, 0.3) is 0 Å². The molecule has 0 N–H and O–H groups in total. The Hall–Kier alpha value is -1.28. The average molecular weight is 241 g/mol. The van der Waals surface area contributed by atoms with Gasteiger partial charge in [-0.05, 0) is 19.8 Å². The lowest BCUT2D eigenvalue weighted by molar-refractivity contribution is -0.145. The first-order valence-corrected chi connectivity index (χ1v) is 8.67. The van der Waals surface area contributed by atoms with Crippen molar-refractivity contribution in [3.63, 3.8) is 0 Å². The number of hydrogen-bond donors (Lipinski definition) is 0. The standard InChI is InChI=1S/C11H19NO3Si/c1-6-8-10(13)12(16(3,4)5)9-11(14)15-7-2/h7,9H2,1-5H3. The Kier molecular flexibility index (Phi) is 5.82. The quantitative estimate of drug-likeness (QED) is 0.422. The fraction of sp³-hybridized carbons (Fsp3) is 0.636. The summed E-state index contributed by atoms with van der Waals surface area (Å²) in [6, 6.07) is 0. The molecule has 0 heterocycles. The van der Waals surface area contributed by atoms with Crippen molar-refractivity contribution in [2.24, 2.45) is 0 Å². The minimum atomic E-state index is -1.90. The van der Waals surface area contributed by atoms with Crippen molar-refractivity contribution >= 4 is 20.1 Å². The molecule has 0 saturated heterocycles. The number of esters is 1. The molecule has 0 rings (SSSR count). The molecule has 0 atom stereocenters. The zero-order chi connectivity index (χ0) is 12.8. The van der Waals surface area contributed by atoms with Crippen molar-refractivity contribution in [2.75, 3.05) is 13.2 Å². The maximum atomic E-state index is 11.7. The number of nitrogens with zero attached hydrogens (tertiary/aromatic N) is 1. The Labute approximate surface area is 98.0 Å². The van der Waals surface area contributed by atoms with E-state index in [9.17, 15) is 9.59 Å². The third-order valence-corrected chi connectivity index (χ3v) is 3.86. The Morgan fingerprint density at radius 1 is 1.31 bits per heavy atom. The highest BCUT2D eigenvalue weighted by atomic mass is 28.3. The Bertz CT molecular complexity index is 322. The molecule has 0 spiro atoms. The summed E-state index contributed by atoms with van der Waals surface area (Å²) in [5.74, 6) is 4.34. The molecular formula is C11H19NO3Si. The van der Waals surface area contributed by atoms with Gasteiger partial charge in [-0.1, -0.05) is 25.6 Å². The van der Waals surface area contributed by atoms with E-state index in [1.54, 1.807) is 18.4 Å². The highest BCUT2D eigenvalue weighted by molar-refractivity contribution is 6.75. The van der Waals surface area contributed by atoms with Crippen molar-refractivity contribution in [3.05, 3.63) is 0 Å². The number of rotatable bonds is 4. The van der Waals surface area contributed by atoms with Gasteiger partial charge in [0.2, 0.25) is 0 Å². The van der Waals surface area contributed by atoms with Crippen LogP contribution in [-0.2, 0) is 14.3 Å². The molecular weight excluding hydrogens is 222 g/mol. The molecule has 0 aliphatic rings. The lowest BCUT2D eigenvalue weighted by Gasteiger charge is -2.31. The molecule has 0 aromatic carbocycles. The number of carbonyl (C=O) groups is 2. The second-order valence-electron chi connectivity index (χ2n) is 4.24. The van der Waals surface area contributed by atoms with Gasteiger partial charge in [0, 0.05) is 0 Å². The molecule has 0 unspecified atom stereocenters. The Balaban J connectivity index is 4.75. The van der Waals surface area contributed by atoms with Crippen molar-refractivity contribution in [1.29, 1.82) is 0 Å². The molecule has 90 valence electrons.